The maximum absolute atomic E-state index is 11.8. The largest absolute Gasteiger partial charge is 0.399 e. The smallest absolute Gasteiger partial charge is 0.222 e. The van der Waals surface area contributed by atoms with Crippen LogP contribution in [0.5, 0.6) is 0 Å². The molecule has 0 aliphatic carbocycles. The maximum atomic E-state index is 11.8. The van der Waals surface area contributed by atoms with Crippen molar-refractivity contribution < 1.29 is 9.90 Å². The van der Waals surface area contributed by atoms with Crippen molar-refractivity contribution >= 4 is 11.6 Å². The predicted octanol–water partition coefficient (Wildman–Crippen LogP) is 0.795. The number of hydrogen-bond donors (Lipinski definition) is 2. The molecule has 0 bridgehead atoms. The number of hydrogen-bond acceptors (Lipinski definition) is 3. The Morgan fingerprint density at radius 3 is 3.00 bits per heavy atom. The number of amides is 1. The van der Waals surface area contributed by atoms with Crippen LogP contribution in [-0.4, -0.2) is 35.1 Å². The van der Waals surface area contributed by atoms with Crippen LogP contribution in [0.4, 0.5) is 5.69 Å². The molecule has 0 aromatic heterocycles. The number of β-amino-alcohol motifs (C(OH)–C–C–N with tert-alkyl or cyclic N) is 1. The van der Waals surface area contributed by atoms with Crippen LogP contribution in [0, 0.1) is 0 Å². The van der Waals surface area contributed by atoms with Crippen LogP contribution in [0.3, 0.4) is 0 Å². The molecule has 1 aliphatic heterocycles. The van der Waals surface area contributed by atoms with E-state index in [9.17, 15) is 9.90 Å². The van der Waals surface area contributed by atoms with Crippen molar-refractivity contribution in [1.82, 2.24) is 4.90 Å². The van der Waals surface area contributed by atoms with Gasteiger partial charge in [0.25, 0.3) is 0 Å². The maximum Gasteiger partial charge on any atom is 0.222 e. The van der Waals surface area contributed by atoms with Gasteiger partial charge in [0.2, 0.25) is 5.91 Å². The number of aliphatic hydroxyl groups is 1. The molecule has 1 atom stereocenters. The number of aliphatic hydroxyl groups excluding tert-OH is 1. The van der Waals surface area contributed by atoms with Gasteiger partial charge in [0.05, 0.1) is 6.10 Å². The topological polar surface area (TPSA) is 66.6 Å². The van der Waals surface area contributed by atoms with Gasteiger partial charge in [0.15, 0.2) is 0 Å². The van der Waals surface area contributed by atoms with Gasteiger partial charge in [-0.15, -0.1) is 0 Å². The summed E-state index contributed by atoms with van der Waals surface area (Å²) in [6.45, 7) is 1.16. The van der Waals surface area contributed by atoms with Crippen molar-refractivity contribution in [3.63, 3.8) is 0 Å². The van der Waals surface area contributed by atoms with E-state index in [-0.39, 0.29) is 12.0 Å². The molecule has 1 saturated heterocycles. The Hall–Kier alpha value is -1.55. The van der Waals surface area contributed by atoms with Crippen molar-refractivity contribution in [3.8, 4) is 0 Å². The van der Waals surface area contributed by atoms with Crippen molar-refractivity contribution in [2.75, 3.05) is 18.8 Å². The Morgan fingerprint density at radius 2 is 2.35 bits per heavy atom. The second-order valence-corrected chi connectivity index (χ2v) is 4.53. The number of nitrogens with zero attached hydrogens (tertiary/aromatic N) is 1. The van der Waals surface area contributed by atoms with Crippen molar-refractivity contribution in [2.24, 2.45) is 0 Å². The molecular weight excluding hydrogens is 216 g/mol. The molecule has 1 unspecified atom stereocenters. The molecule has 0 spiro atoms. The molecule has 0 saturated carbocycles. The van der Waals surface area contributed by atoms with Crippen LogP contribution in [-0.2, 0) is 11.2 Å². The van der Waals surface area contributed by atoms with Crippen molar-refractivity contribution in [1.29, 1.82) is 0 Å². The molecule has 92 valence electrons. The third kappa shape index (κ3) is 3.20. The van der Waals surface area contributed by atoms with Gasteiger partial charge in [-0.05, 0) is 30.5 Å². The minimum Gasteiger partial charge on any atom is -0.399 e. The fourth-order valence-corrected chi connectivity index (χ4v) is 2.13. The van der Waals surface area contributed by atoms with Gasteiger partial charge in [-0.1, -0.05) is 12.1 Å². The first-order valence-corrected chi connectivity index (χ1v) is 5.95. The molecule has 0 radical (unpaired) electrons. The summed E-state index contributed by atoms with van der Waals surface area (Å²) >= 11 is 0. The second-order valence-electron chi connectivity index (χ2n) is 4.53. The molecule has 17 heavy (non-hydrogen) atoms. The molecule has 1 amide bonds. The van der Waals surface area contributed by atoms with E-state index < -0.39 is 0 Å². The molecule has 1 aliphatic rings. The summed E-state index contributed by atoms with van der Waals surface area (Å²) in [5.74, 6) is 0.115. The van der Waals surface area contributed by atoms with Crippen LogP contribution in [0.15, 0.2) is 24.3 Å². The average Bonchev–Trinajstić information content (AvgIpc) is 2.73. The lowest BCUT2D eigenvalue weighted by Crippen LogP contribution is -2.29. The van der Waals surface area contributed by atoms with Crippen LogP contribution >= 0.6 is 0 Å². The summed E-state index contributed by atoms with van der Waals surface area (Å²) in [7, 11) is 0. The average molecular weight is 234 g/mol. The predicted molar refractivity (Wildman–Crippen MR) is 66.4 cm³/mol. The number of nitrogen functional groups attached to an aromatic ring is 1. The van der Waals surface area contributed by atoms with Crippen LogP contribution in [0.2, 0.25) is 0 Å². The Balaban J connectivity index is 1.84. The van der Waals surface area contributed by atoms with Gasteiger partial charge in [0.1, 0.15) is 0 Å². The highest BCUT2D eigenvalue weighted by Crippen LogP contribution is 2.13. The fraction of sp³-hybridized carbons (Fsp3) is 0.462. The lowest BCUT2D eigenvalue weighted by molar-refractivity contribution is -0.130. The molecule has 3 N–H and O–H groups in total. The van der Waals surface area contributed by atoms with E-state index in [0.29, 0.717) is 32.4 Å². The zero-order chi connectivity index (χ0) is 12.3. The van der Waals surface area contributed by atoms with E-state index in [2.05, 4.69) is 0 Å². The number of aryl methyl sites for hydroxylation is 1. The van der Waals surface area contributed by atoms with Crippen LogP contribution < -0.4 is 5.73 Å². The number of anilines is 1. The first-order valence-electron chi connectivity index (χ1n) is 5.95. The van der Waals surface area contributed by atoms with Gasteiger partial charge in [0, 0.05) is 25.2 Å². The SMILES string of the molecule is Nc1cccc(CCC(=O)N2CCC(O)C2)c1. The molecule has 1 aromatic rings. The summed E-state index contributed by atoms with van der Waals surface area (Å²) in [6.07, 6.45) is 1.54. The third-order valence-electron chi connectivity index (χ3n) is 3.09. The quantitative estimate of drug-likeness (QED) is 0.760. The summed E-state index contributed by atoms with van der Waals surface area (Å²) in [4.78, 5) is 13.6. The van der Waals surface area contributed by atoms with E-state index in [1.165, 1.54) is 0 Å². The molecule has 4 heteroatoms. The summed E-state index contributed by atoms with van der Waals surface area (Å²) in [5, 5.41) is 9.36. The highest BCUT2D eigenvalue weighted by molar-refractivity contribution is 5.76. The van der Waals surface area contributed by atoms with Gasteiger partial charge >= 0.3 is 0 Å². The molecular formula is C13H18N2O2. The highest BCUT2D eigenvalue weighted by Gasteiger charge is 2.23. The first kappa shape index (κ1) is 11.9. The van der Waals surface area contributed by atoms with Crippen LogP contribution in [0.25, 0.3) is 0 Å². The van der Waals surface area contributed by atoms with Crippen molar-refractivity contribution in [3.05, 3.63) is 29.8 Å². The number of benzene rings is 1. The summed E-state index contributed by atoms with van der Waals surface area (Å²) in [6, 6.07) is 7.60. The third-order valence-corrected chi connectivity index (χ3v) is 3.09. The van der Waals surface area contributed by atoms with Gasteiger partial charge in [-0.25, -0.2) is 0 Å². The van der Waals surface area contributed by atoms with E-state index in [1.54, 1.807) is 4.90 Å². The molecule has 1 heterocycles. The number of likely N-dealkylation sites (tertiary alicyclic amines) is 1. The molecule has 1 aromatic carbocycles. The first-order chi connectivity index (χ1) is 8.15. The van der Waals surface area contributed by atoms with Crippen LogP contribution in [0.1, 0.15) is 18.4 Å². The van der Waals surface area contributed by atoms with E-state index in [1.807, 2.05) is 24.3 Å². The monoisotopic (exact) mass is 234 g/mol. The second kappa shape index (κ2) is 5.19. The van der Waals surface area contributed by atoms with E-state index >= 15 is 0 Å². The number of carbonyl (C=O) groups is 1. The lowest BCUT2D eigenvalue weighted by atomic mass is 10.1. The van der Waals surface area contributed by atoms with E-state index in [4.69, 9.17) is 5.73 Å². The number of carbonyl (C=O) groups excluding carboxylic acids is 1. The minimum absolute atomic E-state index is 0.115. The zero-order valence-electron chi connectivity index (χ0n) is 9.80. The normalized spacial score (nSPS) is 19.6. The Bertz CT molecular complexity index is 406. The Labute approximate surface area is 101 Å². The Morgan fingerprint density at radius 1 is 1.53 bits per heavy atom. The van der Waals surface area contributed by atoms with Gasteiger partial charge in [-0.3, -0.25) is 4.79 Å². The fourth-order valence-electron chi connectivity index (χ4n) is 2.13. The summed E-state index contributed by atoms with van der Waals surface area (Å²) < 4.78 is 0. The standard InChI is InChI=1S/C13H18N2O2/c14-11-3-1-2-10(8-11)4-5-13(17)15-7-6-12(16)9-15/h1-3,8,12,16H,4-7,9,14H2. The number of rotatable bonds is 3. The lowest BCUT2D eigenvalue weighted by Gasteiger charge is -2.15. The zero-order valence-corrected chi connectivity index (χ0v) is 9.80. The molecule has 2 rings (SSSR count). The molecule has 1 fully saturated rings. The van der Waals surface area contributed by atoms with Crippen molar-refractivity contribution in [2.45, 2.75) is 25.4 Å². The minimum atomic E-state index is -0.341. The highest BCUT2D eigenvalue weighted by atomic mass is 16.3. The van der Waals surface area contributed by atoms with Gasteiger partial charge in [-0.2, -0.15) is 0 Å². The Kier molecular flexibility index (Phi) is 3.64. The number of nitrogens with two attached hydrogens (primary N) is 1. The van der Waals surface area contributed by atoms with Gasteiger partial charge < -0.3 is 15.7 Å². The van der Waals surface area contributed by atoms with E-state index in [0.717, 1.165) is 11.3 Å². The molecule has 4 nitrogen and oxygen atoms in total. The summed E-state index contributed by atoms with van der Waals surface area (Å²) in [5.41, 5.74) is 7.49.